The lowest BCUT2D eigenvalue weighted by molar-refractivity contribution is 0.112. The van der Waals surface area contributed by atoms with E-state index in [1.807, 2.05) is 13.1 Å². The minimum absolute atomic E-state index is 0.433. The van der Waals surface area contributed by atoms with E-state index in [1.165, 1.54) is 13.3 Å². The normalized spacial score (nSPS) is 10.1. The number of rotatable bonds is 3. The van der Waals surface area contributed by atoms with Gasteiger partial charge in [-0.25, -0.2) is 9.97 Å². The molecule has 0 amide bonds. The van der Waals surface area contributed by atoms with Crippen LogP contribution in [0.2, 0.25) is 0 Å². The van der Waals surface area contributed by atoms with Gasteiger partial charge in [-0.15, -0.1) is 0 Å². The van der Waals surface area contributed by atoms with Crippen molar-refractivity contribution >= 4 is 6.29 Å². The molecule has 0 aliphatic rings. The molecule has 2 aromatic heterocycles. The molecule has 0 bridgehead atoms. The standard InChI is InChI=1S/C11H11N3O2/c1-8-5-14(7-13-8)11-3-10(16-2)9(6-15)4-12-11/h3-7H,1-2H3. The zero-order valence-electron chi connectivity index (χ0n) is 9.04. The first-order valence-corrected chi connectivity index (χ1v) is 4.75. The summed E-state index contributed by atoms with van der Waals surface area (Å²) in [6.45, 7) is 1.90. The molecule has 0 aromatic carbocycles. The van der Waals surface area contributed by atoms with Gasteiger partial charge in [-0.2, -0.15) is 0 Å². The molecule has 0 fully saturated rings. The summed E-state index contributed by atoms with van der Waals surface area (Å²) in [6, 6.07) is 1.70. The second-order valence-electron chi connectivity index (χ2n) is 3.32. The molecular formula is C11H11N3O2. The predicted octanol–water partition coefficient (Wildman–Crippen LogP) is 1.40. The van der Waals surface area contributed by atoms with Gasteiger partial charge < -0.3 is 4.74 Å². The number of carbonyl (C=O) groups excluding carboxylic acids is 1. The lowest BCUT2D eigenvalue weighted by Gasteiger charge is -2.06. The van der Waals surface area contributed by atoms with Crippen LogP contribution in [0, 0.1) is 6.92 Å². The van der Waals surface area contributed by atoms with Gasteiger partial charge in [0, 0.05) is 18.5 Å². The summed E-state index contributed by atoms with van der Waals surface area (Å²) in [5.74, 6) is 1.18. The zero-order chi connectivity index (χ0) is 11.5. The molecule has 2 rings (SSSR count). The van der Waals surface area contributed by atoms with Crippen LogP contribution in [-0.2, 0) is 0 Å². The van der Waals surface area contributed by atoms with Crippen molar-refractivity contribution < 1.29 is 9.53 Å². The van der Waals surface area contributed by atoms with E-state index in [4.69, 9.17) is 4.74 Å². The highest BCUT2D eigenvalue weighted by molar-refractivity contribution is 5.79. The van der Waals surface area contributed by atoms with Crippen molar-refractivity contribution in [1.29, 1.82) is 0 Å². The first kappa shape index (κ1) is 10.4. The Labute approximate surface area is 92.7 Å². The van der Waals surface area contributed by atoms with Crippen molar-refractivity contribution in [2.75, 3.05) is 7.11 Å². The Hall–Kier alpha value is -2.17. The zero-order valence-corrected chi connectivity index (χ0v) is 9.04. The molecule has 0 unspecified atom stereocenters. The number of hydrogen-bond donors (Lipinski definition) is 0. The highest BCUT2D eigenvalue weighted by Gasteiger charge is 2.06. The molecule has 0 radical (unpaired) electrons. The highest BCUT2D eigenvalue weighted by atomic mass is 16.5. The van der Waals surface area contributed by atoms with Gasteiger partial charge in [0.05, 0.1) is 18.4 Å². The summed E-state index contributed by atoms with van der Waals surface area (Å²) in [5.41, 5.74) is 1.34. The van der Waals surface area contributed by atoms with Gasteiger partial charge in [0.1, 0.15) is 17.9 Å². The van der Waals surface area contributed by atoms with E-state index < -0.39 is 0 Å². The van der Waals surface area contributed by atoms with E-state index in [2.05, 4.69) is 9.97 Å². The number of aromatic nitrogens is 3. The van der Waals surface area contributed by atoms with Crippen LogP contribution >= 0.6 is 0 Å². The van der Waals surface area contributed by atoms with E-state index in [-0.39, 0.29) is 0 Å². The van der Waals surface area contributed by atoms with Crippen molar-refractivity contribution in [3.8, 4) is 11.6 Å². The Morgan fingerprint density at radius 1 is 1.44 bits per heavy atom. The Morgan fingerprint density at radius 3 is 2.81 bits per heavy atom. The summed E-state index contributed by atoms with van der Waals surface area (Å²) < 4.78 is 6.87. The quantitative estimate of drug-likeness (QED) is 0.729. The summed E-state index contributed by atoms with van der Waals surface area (Å²) in [7, 11) is 1.52. The Bertz CT molecular complexity index is 520. The number of hydrogen-bond acceptors (Lipinski definition) is 4. The average molecular weight is 217 g/mol. The summed E-state index contributed by atoms with van der Waals surface area (Å²) in [4.78, 5) is 19.0. The van der Waals surface area contributed by atoms with Crippen LogP contribution in [0.15, 0.2) is 24.8 Å². The predicted molar refractivity (Wildman–Crippen MR) is 58.0 cm³/mol. The lowest BCUT2D eigenvalue weighted by Crippen LogP contribution is -1.98. The van der Waals surface area contributed by atoms with Gasteiger partial charge >= 0.3 is 0 Å². The van der Waals surface area contributed by atoms with Crippen LogP contribution in [0.4, 0.5) is 0 Å². The number of carbonyl (C=O) groups is 1. The van der Waals surface area contributed by atoms with Crippen LogP contribution in [0.5, 0.6) is 5.75 Å². The van der Waals surface area contributed by atoms with E-state index in [9.17, 15) is 4.79 Å². The number of pyridine rings is 1. The van der Waals surface area contributed by atoms with Gasteiger partial charge in [-0.1, -0.05) is 0 Å². The molecule has 0 N–H and O–H groups in total. The van der Waals surface area contributed by atoms with Gasteiger partial charge in [0.15, 0.2) is 6.29 Å². The first-order valence-electron chi connectivity index (χ1n) is 4.75. The fourth-order valence-electron chi connectivity index (χ4n) is 1.39. The molecule has 0 aliphatic heterocycles. The smallest absolute Gasteiger partial charge is 0.155 e. The number of methoxy groups -OCH3 is 1. The topological polar surface area (TPSA) is 57.0 Å². The minimum Gasteiger partial charge on any atom is -0.496 e. The number of ether oxygens (including phenoxy) is 1. The molecule has 0 atom stereocenters. The molecule has 0 aliphatic carbocycles. The third-order valence-corrected chi connectivity index (χ3v) is 2.20. The lowest BCUT2D eigenvalue weighted by atomic mass is 10.3. The minimum atomic E-state index is 0.433. The maximum Gasteiger partial charge on any atom is 0.155 e. The summed E-state index contributed by atoms with van der Waals surface area (Å²) in [6.07, 6.45) is 5.71. The van der Waals surface area contributed by atoms with Gasteiger partial charge in [-0.05, 0) is 6.92 Å². The molecule has 5 heteroatoms. The number of imidazole rings is 1. The van der Waals surface area contributed by atoms with E-state index in [1.54, 1.807) is 17.0 Å². The molecule has 5 nitrogen and oxygen atoms in total. The number of nitrogens with zero attached hydrogens (tertiary/aromatic N) is 3. The van der Waals surface area contributed by atoms with Gasteiger partial charge in [-0.3, -0.25) is 9.36 Å². The second kappa shape index (κ2) is 4.14. The molecule has 2 heterocycles. The van der Waals surface area contributed by atoms with Crippen LogP contribution < -0.4 is 4.74 Å². The molecule has 16 heavy (non-hydrogen) atoms. The average Bonchev–Trinajstić information content (AvgIpc) is 2.75. The van der Waals surface area contributed by atoms with Crippen molar-refractivity contribution in [3.05, 3.63) is 36.0 Å². The molecular weight excluding hydrogens is 206 g/mol. The summed E-state index contributed by atoms with van der Waals surface area (Å²) >= 11 is 0. The van der Waals surface area contributed by atoms with Crippen molar-refractivity contribution in [2.45, 2.75) is 6.92 Å². The summed E-state index contributed by atoms with van der Waals surface area (Å²) in [5, 5.41) is 0. The van der Waals surface area contributed by atoms with E-state index in [0.717, 1.165) is 12.0 Å². The van der Waals surface area contributed by atoms with Crippen LogP contribution in [0.3, 0.4) is 0 Å². The highest BCUT2D eigenvalue weighted by Crippen LogP contribution is 2.18. The number of aldehydes is 1. The monoisotopic (exact) mass is 217 g/mol. The third kappa shape index (κ3) is 1.79. The molecule has 0 spiro atoms. The largest absolute Gasteiger partial charge is 0.496 e. The molecule has 0 saturated heterocycles. The molecule has 82 valence electrons. The van der Waals surface area contributed by atoms with Crippen LogP contribution in [-0.4, -0.2) is 27.9 Å². The SMILES string of the molecule is COc1cc(-n2cnc(C)c2)ncc1C=O. The van der Waals surface area contributed by atoms with Gasteiger partial charge in [0.25, 0.3) is 0 Å². The molecule has 0 saturated carbocycles. The second-order valence-corrected chi connectivity index (χ2v) is 3.32. The van der Waals surface area contributed by atoms with Crippen LogP contribution in [0.25, 0.3) is 5.82 Å². The van der Waals surface area contributed by atoms with Crippen molar-refractivity contribution in [3.63, 3.8) is 0 Å². The first-order chi connectivity index (χ1) is 7.74. The Balaban J connectivity index is 2.47. The Morgan fingerprint density at radius 2 is 2.25 bits per heavy atom. The Kier molecular flexibility index (Phi) is 2.68. The fraction of sp³-hybridized carbons (Fsp3) is 0.182. The maximum absolute atomic E-state index is 10.7. The maximum atomic E-state index is 10.7. The molecule has 2 aromatic rings. The van der Waals surface area contributed by atoms with Crippen molar-refractivity contribution in [2.24, 2.45) is 0 Å². The number of aryl methyl sites for hydroxylation is 1. The van der Waals surface area contributed by atoms with E-state index in [0.29, 0.717) is 17.1 Å². The third-order valence-electron chi connectivity index (χ3n) is 2.20. The van der Waals surface area contributed by atoms with E-state index >= 15 is 0 Å². The van der Waals surface area contributed by atoms with Crippen LogP contribution in [0.1, 0.15) is 16.1 Å². The van der Waals surface area contributed by atoms with Crippen molar-refractivity contribution in [1.82, 2.24) is 14.5 Å². The van der Waals surface area contributed by atoms with Gasteiger partial charge in [0.2, 0.25) is 0 Å². The fourth-order valence-corrected chi connectivity index (χ4v) is 1.39.